The molecule has 0 bridgehead atoms. The van der Waals surface area contributed by atoms with Crippen LogP contribution < -0.4 is 20.1 Å². The molecule has 2 amide bonds. The zero-order chi connectivity index (χ0) is 21.5. The highest BCUT2D eigenvalue weighted by molar-refractivity contribution is 9.10. The SMILES string of the molecule is CCOc1c(Br)cc(C(=O)NCc2cccc(NC(=O)c3ccco3)c2)cc1OC. The van der Waals surface area contributed by atoms with Crippen molar-refractivity contribution in [2.24, 2.45) is 0 Å². The van der Waals surface area contributed by atoms with E-state index in [-0.39, 0.29) is 24.1 Å². The Bertz CT molecular complexity index is 1030. The molecular weight excluding hydrogens is 452 g/mol. The first kappa shape index (κ1) is 21.4. The molecule has 8 heteroatoms. The fourth-order valence-electron chi connectivity index (χ4n) is 2.78. The quantitative estimate of drug-likeness (QED) is 0.498. The van der Waals surface area contributed by atoms with Crippen molar-refractivity contribution in [1.82, 2.24) is 5.32 Å². The van der Waals surface area contributed by atoms with Crippen molar-refractivity contribution in [2.75, 3.05) is 19.0 Å². The molecule has 0 saturated heterocycles. The lowest BCUT2D eigenvalue weighted by atomic mass is 10.1. The summed E-state index contributed by atoms with van der Waals surface area (Å²) in [5.41, 5.74) is 1.87. The highest BCUT2D eigenvalue weighted by atomic mass is 79.9. The highest BCUT2D eigenvalue weighted by Gasteiger charge is 2.15. The number of benzene rings is 2. The zero-order valence-electron chi connectivity index (χ0n) is 16.5. The summed E-state index contributed by atoms with van der Waals surface area (Å²) in [5.74, 6) is 0.647. The fourth-order valence-corrected chi connectivity index (χ4v) is 3.34. The van der Waals surface area contributed by atoms with Gasteiger partial charge in [0.15, 0.2) is 17.3 Å². The monoisotopic (exact) mass is 472 g/mol. The second kappa shape index (κ2) is 9.98. The van der Waals surface area contributed by atoms with Gasteiger partial charge in [-0.15, -0.1) is 0 Å². The van der Waals surface area contributed by atoms with Crippen LogP contribution in [0.1, 0.15) is 33.4 Å². The van der Waals surface area contributed by atoms with Gasteiger partial charge >= 0.3 is 0 Å². The molecule has 2 aromatic carbocycles. The van der Waals surface area contributed by atoms with Gasteiger partial charge in [0.05, 0.1) is 24.5 Å². The first-order valence-electron chi connectivity index (χ1n) is 9.24. The summed E-state index contributed by atoms with van der Waals surface area (Å²) in [4.78, 5) is 24.7. The molecule has 3 rings (SSSR count). The van der Waals surface area contributed by atoms with E-state index >= 15 is 0 Å². The second-order valence-corrected chi connectivity index (χ2v) is 7.09. The minimum Gasteiger partial charge on any atom is -0.493 e. The minimum absolute atomic E-state index is 0.226. The predicted molar refractivity (Wildman–Crippen MR) is 116 cm³/mol. The molecule has 0 aliphatic carbocycles. The van der Waals surface area contributed by atoms with Crippen molar-refractivity contribution < 1.29 is 23.5 Å². The number of ether oxygens (including phenoxy) is 2. The molecule has 0 unspecified atom stereocenters. The van der Waals surface area contributed by atoms with Gasteiger partial charge in [-0.05, 0) is 64.8 Å². The maximum Gasteiger partial charge on any atom is 0.291 e. The number of amides is 2. The summed E-state index contributed by atoms with van der Waals surface area (Å²) in [5, 5.41) is 5.63. The van der Waals surface area contributed by atoms with Crippen LogP contribution in [0.2, 0.25) is 0 Å². The van der Waals surface area contributed by atoms with E-state index in [9.17, 15) is 9.59 Å². The Morgan fingerprint density at radius 1 is 1.10 bits per heavy atom. The average molecular weight is 473 g/mol. The van der Waals surface area contributed by atoms with E-state index in [0.29, 0.717) is 33.8 Å². The Balaban J connectivity index is 1.66. The molecule has 7 nitrogen and oxygen atoms in total. The van der Waals surface area contributed by atoms with Crippen molar-refractivity contribution in [2.45, 2.75) is 13.5 Å². The van der Waals surface area contributed by atoms with Gasteiger partial charge in [0, 0.05) is 17.8 Å². The molecule has 0 radical (unpaired) electrons. The summed E-state index contributed by atoms with van der Waals surface area (Å²) in [6.07, 6.45) is 1.44. The highest BCUT2D eigenvalue weighted by Crippen LogP contribution is 2.36. The average Bonchev–Trinajstić information content (AvgIpc) is 3.29. The molecule has 0 aliphatic rings. The molecular formula is C22H21BrN2O5. The first-order valence-corrected chi connectivity index (χ1v) is 10.0. The van der Waals surface area contributed by atoms with E-state index < -0.39 is 0 Å². The number of rotatable bonds is 8. The molecule has 1 heterocycles. The summed E-state index contributed by atoms with van der Waals surface area (Å²) in [7, 11) is 1.52. The number of halogens is 1. The number of hydrogen-bond acceptors (Lipinski definition) is 5. The molecule has 3 aromatic rings. The third kappa shape index (κ3) is 5.21. The topological polar surface area (TPSA) is 89.8 Å². The number of anilines is 1. The zero-order valence-corrected chi connectivity index (χ0v) is 18.1. The van der Waals surface area contributed by atoms with Crippen molar-refractivity contribution in [3.63, 3.8) is 0 Å². The minimum atomic E-state index is -0.340. The lowest BCUT2D eigenvalue weighted by Crippen LogP contribution is -2.23. The normalized spacial score (nSPS) is 10.4. The van der Waals surface area contributed by atoms with Crippen LogP contribution in [0.3, 0.4) is 0 Å². The van der Waals surface area contributed by atoms with E-state index in [2.05, 4.69) is 26.6 Å². The lowest BCUT2D eigenvalue weighted by Gasteiger charge is -2.13. The van der Waals surface area contributed by atoms with Gasteiger partial charge in [0.25, 0.3) is 11.8 Å². The Hall–Kier alpha value is -3.26. The van der Waals surface area contributed by atoms with E-state index in [0.717, 1.165) is 5.56 Å². The largest absolute Gasteiger partial charge is 0.493 e. The Labute approximate surface area is 182 Å². The number of hydrogen-bond donors (Lipinski definition) is 2. The standard InChI is InChI=1S/C22H21BrN2O5/c1-3-29-20-17(23)11-15(12-19(20)28-2)21(26)24-13-14-6-4-7-16(10-14)25-22(27)18-8-5-9-30-18/h4-12H,3,13H2,1-2H3,(H,24,26)(H,25,27). The van der Waals surface area contributed by atoms with Gasteiger partial charge in [-0.3, -0.25) is 9.59 Å². The van der Waals surface area contributed by atoms with Crippen LogP contribution in [0.4, 0.5) is 5.69 Å². The number of furan rings is 1. The van der Waals surface area contributed by atoms with E-state index in [4.69, 9.17) is 13.9 Å². The fraction of sp³-hybridized carbons (Fsp3) is 0.182. The van der Waals surface area contributed by atoms with Gasteiger partial charge in [-0.25, -0.2) is 0 Å². The van der Waals surface area contributed by atoms with Crippen molar-refractivity contribution in [1.29, 1.82) is 0 Å². The third-order valence-electron chi connectivity index (χ3n) is 4.16. The van der Waals surface area contributed by atoms with Crippen LogP contribution in [-0.4, -0.2) is 25.5 Å². The molecule has 0 fully saturated rings. The molecule has 0 spiro atoms. The number of carbonyl (C=O) groups is 2. The van der Waals surface area contributed by atoms with E-state index in [1.807, 2.05) is 13.0 Å². The van der Waals surface area contributed by atoms with Crippen LogP contribution in [0.25, 0.3) is 0 Å². The molecule has 0 saturated carbocycles. The second-order valence-electron chi connectivity index (χ2n) is 6.24. The summed E-state index contributed by atoms with van der Waals surface area (Å²) in [6, 6.07) is 13.8. The van der Waals surface area contributed by atoms with Gasteiger partial charge < -0.3 is 24.5 Å². The maximum atomic E-state index is 12.6. The predicted octanol–water partition coefficient (Wildman–Crippen LogP) is 4.63. The number of nitrogens with one attached hydrogen (secondary N) is 2. The Kier molecular flexibility index (Phi) is 7.13. The van der Waals surface area contributed by atoms with E-state index in [1.54, 1.807) is 42.5 Å². The van der Waals surface area contributed by atoms with Gasteiger partial charge in [-0.1, -0.05) is 12.1 Å². The summed E-state index contributed by atoms with van der Waals surface area (Å²) >= 11 is 3.42. The van der Waals surface area contributed by atoms with Crippen LogP contribution in [0.15, 0.2) is 63.7 Å². The summed E-state index contributed by atoms with van der Waals surface area (Å²) < 4.78 is 16.6. The Morgan fingerprint density at radius 3 is 2.63 bits per heavy atom. The smallest absolute Gasteiger partial charge is 0.291 e. The van der Waals surface area contributed by atoms with Gasteiger partial charge in [-0.2, -0.15) is 0 Å². The molecule has 1 aromatic heterocycles. The molecule has 30 heavy (non-hydrogen) atoms. The molecule has 0 atom stereocenters. The van der Waals surface area contributed by atoms with Crippen LogP contribution in [-0.2, 0) is 6.54 Å². The van der Waals surface area contributed by atoms with Crippen molar-refractivity contribution in [3.8, 4) is 11.5 Å². The number of methoxy groups -OCH3 is 1. The molecule has 0 aliphatic heterocycles. The maximum absolute atomic E-state index is 12.6. The van der Waals surface area contributed by atoms with Crippen molar-refractivity contribution in [3.05, 3.63) is 76.2 Å². The van der Waals surface area contributed by atoms with Gasteiger partial charge in [0.2, 0.25) is 0 Å². The van der Waals surface area contributed by atoms with Crippen LogP contribution >= 0.6 is 15.9 Å². The van der Waals surface area contributed by atoms with Crippen LogP contribution in [0.5, 0.6) is 11.5 Å². The summed E-state index contributed by atoms with van der Waals surface area (Å²) in [6.45, 7) is 2.64. The molecule has 2 N–H and O–H groups in total. The van der Waals surface area contributed by atoms with E-state index in [1.165, 1.54) is 13.4 Å². The molecule has 156 valence electrons. The lowest BCUT2D eigenvalue weighted by molar-refractivity contribution is 0.0949. The first-order chi connectivity index (χ1) is 14.5. The number of carbonyl (C=O) groups excluding carboxylic acids is 2. The Morgan fingerprint density at radius 2 is 1.93 bits per heavy atom. The van der Waals surface area contributed by atoms with Crippen LogP contribution in [0, 0.1) is 0 Å². The van der Waals surface area contributed by atoms with Crippen molar-refractivity contribution >= 4 is 33.4 Å². The van der Waals surface area contributed by atoms with Gasteiger partial charge in [0.1, 0.15) is 0 Å². The third-order valence-corrected chi connectivity index (χ3v) is 4.75.